The summed E-state index contributed by atoms with van der Waals surface area (Å²) in [6.45, 7) is 4.15. The van der Waals surface area contributed by atoms with E-state index in [0.29, 0.717) is 6.04 Å². The normalized spacial score (nSPS) is 21.6. The summed E-state index contributed by atoms with van der Waals surface area (Å²) in [4.78, 5) is 0. The van der Waals surface area contributed by atoms with Crippen LogP contribution in [0.1, 0.15) is 36.3 Å². The molecule has 1 N–H and O–H groups in total. The molecule has 1 heterocycles. The fourth-order valence-electron chi connectivity index (χ4n) is 2.79. The Morgan fingerprint density at radius 1 is 1.25 bits per heavy atom. The highest BCUT2D eigenvalue weighted by Crippen LogP contribution is 2.36. The first-order chi connectivity index (χ1) is 9.81. The lowest BCUT2D eigenvalue weighted by Crippen LogP contribution is -2.40. The number of aryl methyl sites for hydroxylation is 2. The number of rotatable bonds is 6. The molecule has 0 aliphatic heterocycles. The number of nitrogens with one attached hydrogen (secondary N) is 1. The standard InChI is InChI=1S/C16H22N4/c1-13-3-5-14(6-4-13)15-11-16(12-15)17-7-2-9-20-10-8-18-19-20/h3-6,8,10,15-17H,2,7,9,11-12H2,1H3. The zero-order valence-corrected chi connectivity index (χ0v) is 12.0. The van der Waals surface area contributed by atoms with E-state index in [1.54, 1.807) is 6.20 Å². The van der Waals surface area contributed by atoms with Crippen molar-refractivity contribution >= 4 is 0 Å². The molecule has 1 saturated carbocycles. The summed E-state index contributed by atoms with van der Waals surface area (Å²) in [6, 6.07) is 9.68. The van der Waals surface area contributed by atoms with Gasteiger partial charge in [-0.15, -0.1) is 5.10 Å². The predicted molar refractivity (Wildman–Crippen MR) is 79.6 cm³/mol. The molecule has 1 fully saturated rings. The molecule has 0 radical (unpaired) electrons. The zero-order chi connectivity index (χ0) is 13.8. The van der Waals surface area contributed by atoms with Gasteiger partial charge in [-0.25, -0.2) is 0 Å². The topological polar surface area (TPSA) is 42.7 Å². The minimum absolute atomic E-state index is 0.692. The summed E-state index contributed by atoms with van der Waals surface area (Å²) in [7, 11) is 0. The van der Waals surface area contributed by atoms with E-state index >= 15 is 0 Å². The molecule has 0 bridgehead atoms. The van der Waals surface area contributed by atoms with Crippen LogP contribution >= 0.6 is 0 Å². The van der Waals surface area contributed by atoms with Gasteiger partial charge >= 0.3 is 0 Å². The molecule has 0 amide bonds. The molecule has 20 heavy (non-hydrogen) atoms. The molecular weight excluding hydrogens is 248 g/mol. The molecule has 4 nitrogen and oxygen atoms in total. The summed E-state index contributed by atoms with van der Waals surface area (Å²) in [5, 5.41) is 11.4. The maximum absolute atomic E-state index is 3.96. The van der Waals surface area contributed by atoms with Crippen LogP contribution in [0.15, 0.2) is 36.7 Å². The van der Waals surface area contributed by atoms with Crippen LogP contribution in [0.3, 0.4) is 0 Å². The summed E-state index contributed by atoms with van der Waals surface area (Å²) in [5.74, 6) is 0.753. The van der Waals surface area contributed by atoms with Gasteiger partial charge in [0.25, 0.3) is 0 Å². The highest BCUT2D eigenvalue weighted by molar-refractivity contribution is 5.26. The lowest BCUT2D eigenvalue weighted by molar-refractivity contribution is 0.288. The Hall–Kier alpha value is -1.68. The highest BCUT2D eigenvalue weighted by Gasteiger charge is 2.29. The molecule has 4 heteroatoms. The van der Waals surface area contributed by atoms with E-state index in [9.17, 15) is 0 Å². The van der Waals surface area contributed by atoms with E-state index in [1.807, 2.05) is 10.9 Å². The van der Waals surface area contributed by atoms with Crippen molar-refractivity contribution in [1.29, 1.82) is 0 Å². The Morgan fingerprint density at radius 2 is 2.05 bits per heavy atom. The van der Waals surface area contributed by atoms with Crippen molar-refractivity contribution in [3.8, 4) is 0 Å². The minimum Gasteiger partial charge on any atom is -0.314 e. The van der Waals surface area contributed by atoms with Crippen LogP contribution in [-0.2, 0) is 6.54 Å². The molecule has 1 aromatic heterocycles. The fourth-order valence-corrected chi connectivity index (χ4v) is 2.79. The van der Waals surface area contributed by atoms with Gasteiger partial charge < -0.3 is 5.32 Å². The number of hydrogen-bond acceptors (Lipinski definition) is 3. The Labute approximate surface area is 120 Å². The summed E-state index contributed by atoms with van der Waals surface area (Å²) >= 11 is 0. The Bertz CT molecular complexity index is 512. The molecule has 3 rings (SSSR count). The third-order valence-electron chi connectivity index (χ3n) is 4.16. The van der Waals surface area contributed by atoms with Gasteiger partial charge in [0.2, 0.25) is 0 Å². The third-order valence-corrected chi connectivity index (χ3v) is 4.16. The van der Waals surface area contributed by atoms with Crippen LogP contribution in [-0.4, -0.2) is 27.6 Å². The van der Waals surface area contributed by atoms with Crippen molar-refractivity contribution in [3.05, 3.63) is 47.8 Å². The van der Waals surface area contributed by atoms with Crippen molar-refractivity contribution in [3.63, 3.8) is 0 Å². The van der Waals surface area contributed by atoms with Gasteiger partial charge in [0.15, 0.2) is 0 Å². The first-order valence-corrected chi connectivity index (χ1v) is 7.45. The van der Waals surface area contributed by atoms with E-state index in [1.165, 1.54) is 24.0 Å². The second-order valence-corrected chi connectivity index (χ2v) is 5.75. The third kappa shape index (κ3) is 3.25. The second kappa shape index (κ2) is 6.18. The summed E-state index contributed by atoms with van der Waals surface area (Å²) < 4.78 is 1.89. The summed E-state index contributed by atoms with van der Waals surface area (Å²) in [5.41, 5.74) is 2.84. The first kappa shape index (κ1) is 13.3. The van der Waals surface area contributed by atoms with E-state index < -0.39 is 0 Å². The molecule has 1 aliphatic carbocycles. The summed E-state index contributed by atoms with van der Waals surface area (Å²) in [6.07, 6.45) is 7.29. The van der Waals surface area contributed by atoms with Crippen LogP contribution in [0.25, 0.3) is 0 Å². The van der Waals surface area contributed by atoms with Crippen LogP contribution in [0.2, 0.25) is 0 Å². The van der Waals surface area contributed by atoms with E-state index in [2.05, 4.69) is 46.8 Å². The van der Waals surface area contributed by atoms with Crippen LogP contribution in [0.4, 0.5) is 0 Å². The predicted octanol–water partition coefficient (Wildman–Crippen LogP) is 2.51. The molecule has 106 valence electrons. The van der Waals surface area contributed by atoms with Gasteiger partial charge in [-0.05, 0) is 44.2 Å². The smallest absolute Gasteiger partial charge is 0.0692 e. The first-order valence-electron chi connectivity index (χ1n) is 7.45. The lowest BCUT2D eigenvalue weighted by Gasteiger charge is -2.36. The Balaban J connectivity index is 1.33. The van der Waals surface area contributed by atoms with Gasteiger partial charge in [-0.2, -0.15) is 0 Å². The van der Waals surface area contributed by atoms with Crippen LogP contribution in [0.5, 0.6) is 0 Å². The van der Waals surface area contributed by atoms with Crippen molar-refractivity contribution in [2.75, 3.05) is 6.54 Å². The van der Waals surface area contributed by atoms with E-state index in [4.69, 9.17) is 0 Å². The molecule has 0 atom stereocenters. The van der Waals surface area contributed by atoms with Gasteiger partial charge in [0.1, 0.15) is 0 Å². The lowest BCUT2D eigenvalue weighted by atomic mass is 9.76. The molecule has 0 saturated heterocycles. The molecule has 0 spiro atoms. The zero-order valence-electron chi connectivity index (χ0n) is 12.0. The van der Waals surface area contributed by atoms with Crippen molar-refractivity contribution in [2.24, 2.45) is 0 Å². The molecule has 2 aromatic rings. The average molecular weight is 270 g/mol. The van der Waals surface area contributed by atoms with Crippen molar-refractivity contribution < 1.29 is 0 Å². The number of benzene rings is 1. The fraction of sp³-hybridized carbons (Fsp3) is 0.500. The largest absolute Gasteiger partial charge is 0.314 e. The quantitative estimate of drug-likeness (QED) is 0.820. The molecule has 0 unspecified atom stereocenters. The van der Waals surface area contributed by atoms with Crippen molar-refractivity contribution in [2.45, 2.75) is 44.7 Å². The number of nitrogens with zero attached hydrogens (tertiary/aromatic N) is 3. The molecular formula is C16H22N4. The van der Waals surface area contributed by atoms with Gasteiger partial charge in [0, 0.05) is 18.8 Å². The SMILES string of the molecule is Cc1ccc(C2CC(NCCCn3ccnn3)C2)cc1. The Kier molecular flexibility index (Phi) is 4.11. The number of aromatic nitrogens is 3. The van der Waals surface area contributed by atoms with Gasteiger partial charge in [-0.1, -0.05) is 35.0 Å². The van der Waals surface area contributed by atoms with E-state index in [0.717, 1.165) is 25.4 Å². The Morgan fingerprint density at radius 3 is 2.75 bits per heavy atom. The van der Waals surface area contributed by atoms with E-state index in [-0.39, 0.29) is 0 Å². The maximum Gasteiger partial charge on any atom is 0.0692 e. The van der Waals surface area contributed by atoms with Crippen molar-refractivity contribution in [1.82, 2.24) is 20.3 Å². The van der Waals surface area contributed by atoms with Crippen LogP contribution < -0.4 is 5.32 Å². The minimum atomic E-state index is 0.692. The molecule has 1 aliphatic rings. The average Bonchev–Trinajstić information content (AvgIpc) is 2.91. The van der Waals surface area contributed by atoms with Gasteiger partial charge in [0.05, 0.1) is 6.20 Å². The number of hydrogen-bond donors (Lipinski definition) is 1. The monoisotopic (exact) mass is 270 g/mol. The second-order valence-electron chi connectivity index (χ2n) is 5.75. The van der Waals surface area contributed by atoms with Crippen LogP contribution in [0, 0.1) is 6.92 Å². The van der Waals surface area contributed by atoms with Gasteiger partial charge in [-0.3, -0.25) is 4.68 Å². The maximum atomic E-state index is 3.96. The molecule has 1 aromatic carbocycles. The highest BCUT2D eigenvalue weighted by atomic mass is 15.4.